The monoisotopic (exact) mass is 415 g/mol. The highest BCUT2D eigenvalue weighted by Crippen LogP contribution is 2.18. The van der Waals surface area contributed by atoms with Gasteiger partial charge in [-0.15, -0.1) is 0 Å². The van der Waals surface area contributed by atoms with Crippen LogP contribution in [-0.4, -0.2) is 32.2 Å². The number of hydrogen-bond acceptors (Lipinski definition) is 5. The van der Waals surface area contributed by atoms with Gasteiger partial charge in [0.1, 0.15) is 23.1 Å². The average molecular weight is 415 g/mol. The predicted molar refractivity (Wildman–Crippen MR) is 93.6 cm³/mol. The van der Waals surface area contributed by atoms with Crippen molar-refractivity contribution in [3.63, 3.8) is 0 Å². The number of halogens is 3. The molecule has 6 nitrogen and oxygen atoms in total. The van der Waals surface area contributed by atoms with Crippen LogP contribution in [0.4, 0.5) is 18.9 Å². The van der Waals surface area contributed by atoms with E-state index in [1.807, 2.05) is 5.32 Å². The minimum Gasteiger partial charge on any atom is -0.453 e. The number of amides is 1. The van der Waals surface area contributed by atoms with Crippen molar-refractivity contribution < 1.29 is 35.9 Å². The highest BCUT2D eigenvalue weighted by atomic mass is 32.2. The fourth-order valence-electron chi connectivity index (χ4n) is 2.13. The summed E-state index contributed by atoms with van der Waals surface area (Å²) in [5.74, 6) is -5.21. The van der Waals surface area contributed by atoms with Crippen LogP contribution in [-0.2, 0) is 24.2 Å². The van der Waals surface area contributed by atoms with Crippen molar-refractivity contribution in [1.29, 1.82) is 0 Å². The maximum absolute atomic E-state index is 13.5. The van der Waals surface area contributed by atoms with E-state index in [2.05, 4.69) is 0 Å². The molecule has 0 aliphatic carbocycles. The molecule has 0 bridgehead atoms. The second-order valence-corrected chi connectivity index (χ2v) is 7.85. The van der Waals surface area contributed by atoms with Crippen LogP contribution < -0.4 is 5.32 Å². The smallest absolute Gasteiger partial charge is 0.307 e. The van der Waals surface area contributed by atoms with Crippen LogP contribution in [0.15, 0.2) is 47.4 Å². The van der Waals surface area contributed by atoms with Crippen LogP contribution in [0.2, 0.25) is 0 Å². The van der Waals surface area contributed by atoms with E-state index in [-0.39, 0.29) is 4.90 Å². The van der Waals surface area contributed by atoms with Crippen molar-refractivity contribution >= 4 is 27.4 Å². The number of nitrogens with one attached hydrogen (secondary N) is 1. The van der Waals surface area contributed by atoms with Crippen molar-refractivity contribution in [2.45, 2.75) is 24.3 Å². The molecule has 0 aliphatic heterocycles. The van der Waals surface area contributed by atoms with E-state index < -0.39 is 63.1 Å². The van der Waals surface area contributed by atoms with Crippen LogP contribution in [0.25, 0.3) is 0 Å². The third-order valence-electron chi connectivity index (χ3n) is 3.64. The highest BCUT2D eigenvalue weighted by molar-refractivity contribution is 7.91. The number of rotatable bonds is 7. The van der Waals surface area contributed by atoms with Gasteiger partial charge in [-0.25, -0.2) is 21.6 Å². The Morgan fingerprint density at radius 1 is 1.04 bits per heavy atom. The topological polar surface area (TPSA) is 89.5 Å². The molecule has 1 atom stereocenters. The molecule has 2 aromatic rings. The summed E-state index contributed by atoms with van der Waals surface area (Å²) in [5, 5.41) is 1.97. The minimum atomic E-state index is -3.86. The summed E-state index contributed by atoms with van der Waals surface area (Å²) in [5.41, 5.74) is -0.686. The SMILES string of the molecule is C[C@H](OC(=O)CCS(=O)(=O)c1ccc(F)cc1)C(=O)Nc1c(F)cccc1F. The van der Waals surface area contributed by atoms with Crippen molar-refractivity contribution in [2.75, 3.05) is 11.1 Å². The lowest BCUT2D eigenvalue weighted by atomic mass is 10.2. The molecule has 0 heterocycles. The summed E-state index contributed by atoms with van der Waals surface area (Å²) in [4.78, 5) is 23.6. The van der Waals surface area contributed by atoms with Gasteiger partial charge >= 0.3 is 5.97 Å². The number of benzene rings is 2. The number of ether oxygens (including phenoxy) is 1. The molecule has 0 aromatic heterocycles. The Morgan fingerprint density at radius 2 is 1.61 bits per heavy atom. The van der Waals surface area contributed by atoms with Gasteiger partial charge in [0.25, 0.3) is 5.91 Å². The van der Waals surface area contributed by atoms with Crippen molar-refractivity contribution in [1.82, 2.24) is 0 Å². The summed E-state index contributed by atoms with van der Waals surface area (Å²) >= 11 is 0. The first-order valence-electron chi connectivity index (χ1n) is 8.03. The zero-order chi connectivity index (χ0) is 20.9. The van der Waals surface area contributed by atoms with Gasteiger partial charge in [0, 0.05) is 0 Å². The molecule has 1 N–H and O–H groups in total. The van der Waals surface area contributed by atoms with E-state index in [0.29, 0.717) is 0 Å². The molecule has 0 saturated carbocycles. The molecule has 0 aliphatic rings. The quantitative estimate of drug-likeness (QED) is 0.555. The van der Waals surface area contributed by atoms with E-state index >= 15 is 0 Å². The van der Waals surface area contributed by atoms with E-state index in [9.17, 15) is 31.2 Å². The summed E-state index contributed by atoms with van der Waals surface area (Å²) in [6, 6.07) is 7.07. The Labute approximate surface area is 159 Å². The second kappa shape index (κ2) is 8.87. The lowest BCUT2D eigenvalue weighted by molar-refractivity contribution is -0.152. The van der Waals surface area contributed by atoms with Gasteiger partial charge in [-0.2, -0.15) is 0 Å². The van der Waals surface area contributed by atoms with Crippen LogP contribution >= 0.6 is 0 Å². The Balaban J connectivity index is 1.91. The first-order valence-corrected chi connectivity index (χ1v) is 9.68. The predicted octanol–water partition coefficient (Wildman–Crippen LogP) is 2.84. The Hall–Kier alpha value is -2.88. The van der Waals surface area contributed by atoms with Gasteiger partial charge in [-0.3, -0.25) is 9.59 Å². The molecule has 150 valence electrons. The molecule has 0 spiro atoms. The van der Waals surface area contributed by atoms with E-state index in [1.54, 1.807) is 0 Å². The maximum atomic E-state index is 13.5. The van der Waals surface area contributed by atoms with Crippen LogP contribution in [0, 0.1) is 17.5 Å². The average Bonchev–Trinajstić information content (AvgIpc) is 2.63. The molecule has 0 saturated heterocycles. The first kappa shape index (κ1) is 21.4. The highest BCUT2D eigenvalue weighted by Gasteiger charge is 2.23. The zero-order valence-corrected chi connectivity index (χ0v) is 15.4. The van der Waals surface area contributed by atoms with Gasteiger partial charge in [0.05, 0.1) is 17.1 Å². The van der Waals surface area contributed by atoms with E-state index in [1.165, 1.54) is 6.92 Å². The number of hydrogen-bond donors (Lipinski definition) is 1. The lowest BCUT2D eigenvalue weighted by Crippen LogP contribution is -2.31. The van der Waals surface area contributed by atoms with Crippen molar-refractivity contribution in [3.05, 3.63) is 59.9 Å². The Morgan fingerprint density at radius 3 is 2.18 bits per heavy atom. The number of carbonyl (C=O) groups excluding carboxylic acids is 2. The molecule has 2 rings (SSSR count). The van der Waals surface area contributed by atoms with Crippen LogP contribution in [0.5, 0.6) is 0 Å². The van der Waals surface area contributed by atoms with Gasteiger partial charge in [-0.1, -0.05) is 6.07 Å². The van der Waals surface area contributed by atoms with Crippen LogP contribution in [0.1, 0.15) is 13.3 Å². The summed E-state index contributed by atoms with van der Waals surface area (Å²) in [6.07, 6.45) is -1.98. The summed E-state index contributed by atoms with van der Waals surface area (Å²) < 4.78 is 68.9. The largest absolute Gasteiger partial charge is 0.453 e. The first-order chi connectivity index (χ1) is 13.1. The van der Waals surface area contributed by atoms with Gasteiger partial charge in [0.15, 0.2) is 15.9 Å². The number of carbonyl (C=O) groups is 2. The molecular formula is C18H16F3NO5S. The molecule has 0 radical (unpaired) electrons. The van der Waals surface area contributed by atoms with Crippen molar-refractivity contribution in [2.24, 2.45) is 0 Å². The standard InChI is InChI=1S/C18H16F3NO5S/c1-11(18(24)22-17-14(20)3-2-4-15(17)21)27-16(23)9-10-28(25,26)13-7-5-12(19)6-8-13/h2-8,11H,9-10H2,1H3,(H,22,24)/t11-/m0/s1. The molecule has 0 unspecified atom stereocenters. The van der Waals surface area contributed by atoms with E-state index in [4.69, 9.17) is 4.74 Å². The Kier molecular flexibility index (Phi) is 6.79. The fourth-order valence-corrected chi connectivity index (χ4v) is 3.35. The molecule has 2 aromatic carbocycles. The number of sulfone groups is 1. The zero-order valence-electron chi connectivity index (χ0n) is 14.6. The normalized spacial score (nSPS) is 12.3. The molecular weight excluding hydrogens is 399 g/mol. The summed E-state index contributed by atoms with van der Waals surface area (Å²) in [7, 11) is -3.86. The number of para-hydroxylation sites is 1. The fraction of sp³-hybridized carbons (Fsp3) is 0.222. The third kappa shape index (κ3) is 5.56. The molecule has 28 heavy (non-hydrogen) atoms. The third-order valence-corrected chi connectivity index (χ3v) is 5.37. The molecule has 10 heteroatoms. The minimum absolute atomic E-state index is 0.164. The van der Waals surface area contributed by atoms with Gasteiger partial charge in [0.2, 0.25) is 0 Å². The number of anilines is 1. The molecule has 1 amide bonds. The second-order valence-electron chi connectivity index (χ2n) is 5.74. The van der Waals surface area contributed by atoms with Crippen LogP contribution in [0.3, 0.4) is 0 Å². The Bertz CT molecular complexity index is 957. The molecule has 0 fully saturated rings. The number of esters is 1. The van der Waals surface area contributed by atoms with E-state index in [0.717, 1.165) is 42.5 Å². The maximum Gasteiger partial charge on any atom is 0.307 e. The summed E-state index contributed by atoms with van der Waals surface area (Å²) in [6.45, 7) is 1.17. The van der Waals surface area contributed by atoms with Gasteiger partial charge < -0.3 is 10.1 Å². The van der Waals surface area contributed by atoms with Crippen molar-refractivity contribution in [3.8, 4) is 0 Å². The van der Waals surface area contributed by atoms with Gasteiger partial charge in [-0.05, 0) is 43.3 Å². The lowest BCUT2D eigenvalue weighted by Gasteiger charge is -2.14.